The van der Waals surface area contributed by atoms with E-state index in [4.69, 9.17) is 16.3 Å². The second kappa shape index (κ2) is 6.96. The van der Waals surface area contributed by atoms with Crippen LogP contribution in [0.15, 0.2) is 53.6 Å². The molecule has 0 unspecified atom stereocenters. The summed E-state index contributed by atoms with van der Waals surface area (Å²) in [5.41, 5.74) is 0.347. The second-order valence-corrected chi connectivity index (χ2v) is 5.75. The zero-order valence-electron chi connectivity index (χ0n) is 13.7. The minimum atomic E-state index is -4.84. The molecule has 2 amide bonds. The Morgan fingerprint density at radius 3 is 2.19 bits per heavy atom. The van der Waals surface area contributed by atoms with Crippen molar-refractivity contribution in [3.63, 3.8) is 0 Å². The van der Waals surface area contributed by atoms with E-state index in [-0.39, 0.29) is 16.3 Å². The van der Waals surface area contributed by atoms with Gasteiger partial charge in [-0.15, -0.1) is 13.2 Å². The fourth-order valence-electron chi connectivity index (χ4n) is 2.62. The summed E-state index contributed by atoms with van der Waals surface area (Å²) in [4.78, 5) is 26.1. The molecule has 5 nitrogen and oxygen atoms in total. The SMILES string of the molecule is COc1ccccc1C1=C(Cl)C(=O)N(c2ccc(OC(F)(F)F)cc2)C1=O. The summed E-state index contributed by atoms with van der Waals surface area (Å²) in [6.45, 7) is 0. The van der Waals surface area contributed by atoms with Gasteiger partial charge in [-0.05, 0) is 30.3 Å². The third-order valence-electron chi connectivity index (χ3n) is 3.73. The number of benzene rings is 2. The van der Waals surface area contributed by atoms with E-state index in [1.807, 2.05) is 0 Å². The van der Waals surface area contributed by atoms with Crippen molar-refractivity contribution in [2.24, 2.45) is 0 Å². The number of imide groups is 1. The molecule has 27 heavy (non-hydrogen) atoms. The Kier molecular flexibility index (Phi) is 4.84. The van der Waals surface area contributed by atoms with Gasteiger partial charge in [-0.3, -0.25) is 9.59 Å². The van der Waals surface area contributed by atoms with Crippen molar-refractivity contribution in [1.82, 2.24) is 0 Å². The molecule has 2 aromatic rings. The number of ether oxygens (including phenoxy) is 2. The molecule has 0 aliphatic carbocycles. The normalized spacial score (nSPS) is 14.8. The maximum absolute atomic E-state index is 12.8. The topological polar surface area (TPSA) is 55.8 Å². The van der Waals surface area contributed by atoms with E-state index >= 15 is 0 Å². The number of alkyl halides is 3. The number of carbonyl (C=O) groups excluding carboxylic acids is 2. The van der Waals surface area contributed by atoms with Gasteiger partial charge in [0.1, 0.15) is 16.5 Å². The molecule has 0 fully saturated rings. The molecule has 2 aromatic carbocycles. The van der Waals surface area contributed by atoms with E-state index < -0.39 is 23.9 Å². The number of hydrogen-bond donors (Lipinski definition) is 0. The molecule has 0 aromatic heterocycles. The van der Waals surface area contributed by atoms with Crippen molar-refractivity contribution in [2.45, 2.75) is 6.36 Å². The van der Waals surface area contributed by atoms with Gasteiger partial charge in [0.15, 0.2) is 0 Å². The number of methoxy groups -OCH3 is 1. The van der Waals surface area contributed by atoms with E-state index in [9.17, 15) is 22.8 Å². The lowest BCUT2D eigenvalue weighted by molar-refractivity contribution is -0.274. The number of anilines is 1. The highest BCUT2D eigenvalue weighted by atomic mass is 35.5. The van der Waals surface area contributed by atoms with E-state index in [0.717, 1.165) is 29.2 Å². The Balaban J connectivity index is 1.94. The number of halogens is 4. The average molecular weight is 398 g/mol. The maximum Gasteiger partial charge on any atom is 0.573 e. The van der Waals surface area contributed by atoms with E-state index in [1.165, 1.54) is 7.11 Å². The highest BCUT2D eigenvalue weighted by Crippen LogP contribution is 2.38. The summed E-state index contributed by atoms with van der Waals surface area (Å²) < 4.78 is 45.7. The van der Waals surface area contributed by atoms with Crippen LogP contribution >= 0.6 is 11.6 Å². The predicted octanol–water partition coefficient (Wildman–Crippen LogP) is 4.12. The van der Waals surface area contributed by atoms with Crippen LogP contribution in [0.4, 0.5) is 18.9 Å². The lowest BCUT2D eigenvalue weighted by Gasteiger charge is -2.16. The van der Waals surface area contributed by atoms with Crippen molar-refractivity contribution < 1.29 is 32.2 Å². The number of para-hydroxylation sites is 1. The van der Waals surface area contributed by atoms with Gasteiger partial charge in [-0.2, -0.15) is 0 Å². The van der Waals surface area contributed by atoms with E-state index in [0.29, 0.717) is 11.3 Å². The first-order valence-corrected chi connectivity index (χ1v) is 7.88. The Morgan fingerprint density at radius 1 is 0.963 bits per heavy atom. The lowest BCUT2D eigenvalue weighted by atomic mass is 10.1. The van der Waals surface area contributed by atoms with Gasteiger partial charge in [0, 0.05) is 5.56 Å². The minimum Gasteiger partial charge on any atom is -0.496 e. The van der Waals surface area contributed by atoms with Crippen molar-refractivity contribution in [3.8, 4) is 11.5 Å². The first-order valence-electron chi connectivity index (χ1n) is 7.50. The smallest absolute Gasteiger partial charge is 0.496 e. The molecule has 0 atom stereocenters. The Morgan fingerprint density at radius 2 is 1.59 bits per heavy atom. The molecule has 1 aliphatic heterocycles. The molecule has 0 N–H and O–H groups in total. The van der Waals surface area contributed by atoms with Gasteiger partial charge in [0.25, 0.3) is 11.8 Å². The van der Waals surface area contributed by atoms with Crippen molar-refractivity contribution in [1.29, 1.82) is 0 Å². The summed E-state index contributed by atoms with van der Waals surface area (Å²) in [6.07, 6.45) is -4.84. The summed E-state index contributed by atoms with van der Waals surface area (Å²) in [5.74, 6) is -1.62. The zero-order chi connectivity index (χ0) is 19.8. The highest BCUT2D eigenvalue weighted by molar-refractivity contribution is 6.60. The largest absolute Gasteiger partial charge is 0.573 e. The summed E-state index contributed by atoms with van der Waals surface area (Å²) in [6, 6.07) is 10.8. The van der Waals surface area contributed by atoms with Gasteiger partial charge in [-0.25, -0.2) is 4.90 Å². The Bertz CT molecular complexity index is 938. The van der Waals surface area contributed by atoms with Gasteiger partial charge in [-0.1, -0.05) is 29.8 Å². The molecule has 1 heterocycles. The van der Waals surface area contributed by atoms with Crippen LogP contribution in [0.3, 0.4) is 0 Å². The molecule has 0 saturated heterocycles. The van der Waals surface area contributed by atoms with Crippen LogP contribution in [0, 0.1) is 0 Å². The molecule has 0 saturated carbocycles. The molecule has 9 heteroatoms. The lowest BCUT2D eigenvalue weighted by Crippen LogP contribution is -2.31. The molecule has 3 rings (SSSR count). The van der Waals surface area contributed by atoms with Crippen LogP contribution in [-0.2, 0) is 9.59 Å². The zero-order valence-corrected chi connectivity index (χ0v) is 14.5. The fourth-order valence-corrected chi connectivity index (χ4v) is 2.89. The summed E-state index contributed by atoms with van der Waals surface area (Å²) in [7, 11) is 1.41. The average Bonchev–Trinajstić information content (AvgIpc) is 2.84. The van der Waals surface area contributed by atoms with Gasteiger partial charge in [0.2, 0.25) is 0 Å². The molecule has 0 bridgehead atoms. The quantitative estimate of drug-likeness (QED) is 0.728. The third kappa shape index (κ3) is 3.61. The molecule has 0 spiro atoms. The van der Waals surface area contributed by atoms with Crippen LogP contribution < -0.4 is 14.4 Å². The fraction of sp³-hybridized carbons (Fsp3) is 0.111. The molecule has 140 valence electrons. The molecule has 1 aliphatic rings. The van der Waals surface area contributed by atoms with Crippen LogP contribution in [0.2, 0.25) is 0 Å². The maximum atomic E-state index is 12.8. The van der Waals surface area contributed by atoms with Crippen LogP contribution in [0.25, 0.3) is 5.57 Å². The third-order valence-corrected chi connectivity index (χ3v) is 4.08. The number of carbonyl (C=O) groups is 2. The first-order chi connectivity index (χ1) is 12.7. The number of amides is 2. The first kappa shape index (κ1) is 18.8. The van der Waals surface area contributed by atoms with E-state index in [1.54, 1.807) is 24.3 Å². The van der Waals surface area contributed by atoms with Crippen molar-refractivity contribution >= 4 is 34.7 Å². The summed E-state index contributed by atoms with van der Waals surface area (Å²) in [5, 5.41) is -0.305. The van der Waals surface area contributed by atoms with Gasteiger partial charge < -0.3 is 9.47 Å². The Hall–Kier alpha value is -3.00. The summed E-state index contributed by atoms with van der Waals surface area (Å²) >= 11 is 6.09. The monoisotopic (exact) mass is 397 g/mol. The van der Waals surface area contributed by atoms with Crippen LogP contribution in [-0.4, -0.2) is 25.3 Å². The number of nitrogens with zero attached hydrogens (tertiary/aromatic N) is 1. The van der Waals surface area contributed by atoms with Crippen molar-refractivity contribution in [2.75, 3.05) is 12.0 Å². The minimum absolute atomic E-state index is 0.0465. The molecule has 0 radical (unpaired) electrons. The van der Waals surface area contributed by atoms with Crippen molar-refractivity contribution in [3.05, 3.63) is 59.1 Å². The standard InChI is InChI=1S/C18H11ClF3NO4/c1-26-13-5-3-2-4-12(13)14-15(19)17(25)23(16(14)24)10-6-8-11(9-7-10)27-18(20,21)22/h2-9H,1H3. The van der Waals surface area contributed by atoms with Crippen LogP contribution in [0.5, 0.6) is 11.5 Å². The van der Waals surface area contributed by atoms with Gasteiger partial charge in [0.05, 0.1) is 18.4 Å². The van der Waals surface area contributed by atoms with Crippen LogP contribution in [0.1, 0.15) is 5.56 Å². The highest BCUT2D eigenvalue weighted by Gasteiger charge is 2.40. The Labute approximate surface area is 156 Å². The second-order valence-electron chi connectivity index (χ2n) is 5.38. The van der Waals surface area contributed by atoms with Gasteiger partial charge >= 0.3 is 6.36 Å². The number of rotatable bonds is 4. The molecular weight excluding hydrogens is 387 g/mol. The van der Waals surface area contributed by atoms with E-state index in [2.05, 4.69) is 4.74 Å². The predicted molar refractivity (Wildman–Crippen MR) is 91.4 cm³/mol. The number of hydrogen-bond acceptors (Lipinski definition) is 4. The molecular formula is C18H11ClF3NO4.